The van der Waals surface area contributed by atoms with E-state index in [1.165, 1.54) is 50.5 Å². The molecule has 1 unspecified atom stereocenters. The first kappa shape index (κ1) is 26.5. The lowest BCUT2D eigenvalue weighted by atomic mass is 9.94. The van der Waals surface area contributed by atoms with Gasteiger partial charge in [-0.1, -0.05) is 0 Å². The Bertz CT molecular complexity index is 1390. The van der Waals surface area contributed by atoms with Crippen molar-refractivity contribution >= 4 is 23.1 Å². The fraction of sp³-hybridized carbons (Fsp3) is 0.241. The van der Waals surface area contributed by atoms with Crippen molar-refractivity contribution in [3.63, 3.8) is 0 Å². The molecule has 1 amide bonds. The minimum Gasteiger partial charge on any atom is -0.507 e. The number of amides is 1. The van der Waals surface area contributed by atoms with Gasteiger partial charge in [0.15, 0.2) is 11.5 Å². The Balaban J connectivity index is 1.99. The van der Waals surface area contributed by atoms with Gasteiger partial charge in [-0.25, -0.2) is 4.39 Å². The largest absolute Gasteiger partial charge is 0.507 e. The predicted octanol–water partition coefficient (Wildman–Crippen LogP) is 5.18. The average Bonchev–Trinajstić information content (AvgIpc) is 3.19. The van der Waals surface area contributed by atoms with Crippen LogP contribution in [0.25, 0.3) is 5.76 Å². The number of aliphatic hydroxyl groups is 1. The number of aryl methyl sites for hydroxylation is 1. The van der Waals surface area contributed by atoms with Gasteiger partial charge in [0.05, 0.1) is 39.6 Å². The van der Waals surface area contributed by atoms with Crippen molar-refractivity contribution in [2.24, 2.45) is 0 Å². The number of aliphatic hydroxyl groups excluding tert-OH is 1. The molecule has 0 radical (unpaired) electrons. The number of carbonyl (C=O) groups is 2. The number of halogens is 1. The fourth-order valence-electron chi connectivity index (χ4n) is 4.54. The van der Waals surface area contributed by atoms with Gasteiger partial charge in [-0.2, -0.15) is 0 Å². The van der Waals surface area contributed by atoms with E-state index in [0.717, 1.165) is 5.56 Å². The van der Waals surface area contributed by atoms with Gasteiger partial charge in [-0.05, 0) is 79.6 Å². The summed E-state index contributed by atoms with van der Waals surface area (Å²) in [6.07, 6.45) is 0. The zero-order valence-electron chi connectivity index (χ0n) is 21.7. The van der Waals surface area contributed by atoms with Gasteiger partial charge >= 0.3 is 0 Å². The molecule has 1 fully saturated rings. The van der Waals surface area contributed by atoms with Gasteiger partial charge in [0, 0.05) is 11.3 Å². The number of carbonyl (C=O) groups excluding carboxylic acids is 2. The highest BCUT2D eigenvalue weighted by molar-refractivity contribution is 6.51. The summed E-state index contributed by atoms with van der Waals surface area (Å²) in [7, 11) is 4.35. The summed E-state index contributed by atoms with van der Waals surface area (Å²) in [4.78, 5) is 28.1. The molecule has 9 heteroatoms. The first-order valence-corrected chi connectivity index (χ1v) is 11.9. The monoisotopic (exact) mass is 521 g/mol. The number of hydrogen-bond donors (Lipinski definition) is 1. The number of nitrogens with zero attached hydrogens (tertiary/aromatic N) is 1. The topological polar surface area (TPSA) is 94.5 Å². The van der Waals surface area contributed by atoms with Crippen LogP contribution < -0.4 is 23.8 Å². The molecule has 1 heterocycles. The third-order valence-corrected chi connectivity index (χ3v) is 6.30. The molecule has 0 aromatic heterocycles. The fourth-order valence-corrected chi connectivity index (χ4v) is 4.54. The van der Waals surface area contributed by atoms with Crippen LogP contribution in [0.1, 0.15) is 29.7 Å². The van der Waals surface area contributed by atoms with Crippen LogP contribution >= 0.6 is 0 Å². The molecular weight excluding hydrogens is 493 g/mol. The van der Waals surface area contributed by atoms with Crippen LogP contribution in [0.15, 0.2) is 60.2 Å². The maximum Gasteiger partial charge on any atom is 0.300 e. The smallest absolute Gasteiger partial charge is 0.300 e. The van der Waals surface area contributed by atoms with E-state index in [-0.39, 0.29) is 17.0 Å². The lowest BCUT2D eigenvalue weighted by Crippen LogP contribution is -2.29. The quantitative estimate of drug-likeness (QED) is 0.248. The molecule has 38 heavy (non-hydrogen) atoms. The summed E-state index contributed by atoms with van der Waals surface area (Å²) >= 11 is 0. The molecule has 0 saturated carbocycles. The van der Waals surface area contributed by atoms with E-state index in [1.807, 2.05) is 13.8 Å². The van der Waals surface area contributed by atoms with E-state index in [0.29, 0.717) is 40.7 Å². The standard InChI is InChI=1S/C29H28FNO7/c1-6-38-21-12-7-17(13-16(21)2)26(32)24-25(18-14-22(35-3)28(37-5)23(15-18)36-4)31(29(34)27(24)33)20-10-8-19(30)9-11-20/h7-15,25,32H,6H2,1-5H3/b26-24+. The lowest BCUT2D eigenvalue weighted by Gasteiger charge is -2.26. The molecule has 1 aliphatic rings. The molecule has 198 valence electrons. The third-order valence-electron chi connectivity index (χ3n) is 6.30. The molecule has 0 bridgehead atoms. The van der Waals surface area contributed by atoms with Crippen LogP contribution in [0.4, 0.5) is 10.1 Å². The van der Waals surface area contributed by atoms with E-state index in [9.17, 15) is 19.1 Å². The van der Waals surface area contributed by atoms with Crippen molar-refractivity contribution in [1.29, 1.82) is 0 Å². The summed E-state index contributed by atoms with van der Waals surface area (Å²) in [5.41, 5.74) is 1.62. The minimum absolute atomic E-state index is 0.142. The van der Waals surface area contributed by atoms with Crippen molar-refractivity contribution in [3.8, 4) is 23.0 Å². The van der Waals surface area contributed by atoms with E-state index in [2.05, 4.69) is 0 Å². The number of ether oxygens (including phenoxy) is 4. The number of benzene rings is 3. The van der Waals surface area contributed by atoms with E-state index < -0.39 is 23.5 Å². The molecule has 1 saturated heterocycles. The summed E-state index contributed by atoms with van der Waals surface area (Å²) in [6, 6.07) is 12.3. The van der Waals surface area contributed by atoms with Gasteiger partial charge in [-0.3, -0.25) is 14.5 Å². The SMILES string of the molecule is CCOc1ccc(/C(O)=C2\C(=O)C(=O)N(c3ccc(F)cc3)C2c2cc(OC)c(OC)c(OC)c2)cc1C. The van der Waals surface area contributed by atoms with Crippen LogP contribution in [-0.4, -0.2) is 44.7 Å². The molecule has 1 aliphatic heterocycles. The van der Waals surface area contributed by atoms with Crippen LogP contribution in [0, 0.1) is 12.7 Å². The number of methoxy groups -OCH3 is 3. The van der Waals surface area contributed by atoms with Crippen LogP contribution in [0.3, 0.4) is 0 Å². The number of anilines is 1. The number of Topliss-reactive ketones (excluding diaryl/α,β-unsaturated/α-hetero) is 1. The Kier molecular flexibility index (Phi) is 7.57. The Labute approximate surface area is 219 Å². The predicted molar refractivity (Wildman–Crippen MR) is 140 cm³/mol. The number of rotatable bonds is 8. The van der Waals surface area contributed by atoms with Crippen molar-refractivity contribution in [1.82, 2.24) is 0 Å². The van der Waals surface area contributed by atoms with Crippen LogP contribution in [-0.2, 0) is 9.59 Å². The van der Waals surface area contributed by atoms with E-state index >= 15 is 0 Å². The molecule has 0 aliphatic carbocycles. The number of hydrogen-bond acceptors (Lipinski definition) is 7. The average molecular weight is 522 g/mol. The highest BCUT2D eigenvalue weighted by Gasteiger charge is 2.47. The van der Waals surface area contributed by atoms with Gasteiger partial charge in [-0.15, -0.1) is 0 Å². The Morgan fingerprint density at radius 1 is 0.921 bits per heavy atom. The van der Waals surface area contributed by atoms with Crippen molar-refractivity contribution < 1.29 is 38.0 Å². The molecular formula is C29H28FNO7. The second kappa shape index (κ2) is 10.8. The summed E-state index contributed by atoms with van der Waals surface area (Å²) in [5.74, 6) is -1.09. The molecule has 4 rings (SSSR count). The van der Waals surface area contributed by atoms with Gasteiger partial charge < -0.3 is 24.1 Å². The third kappa shape index (κ3) is 4.63. The zero-order valence-corrected chi connectivity index (χ0v) is 21.7. The summed E-state index contributed by atoms with van der Waals surface area (Å²) < 4.78 is 35.7. The summed E-state index contributed by atoms with van der Waals surface area (Å²) in [5, 5.41) is 11.4. The summed E-state index contributed by atoms with van der Waals surface area (Å²) in [6.45, 7) is 4.15. The minimum atomic E-state index is -1.08. The Morgan fingerprint density at radius 2 is 1.55 bits per heavy atom. The Morgan fingerprint density at radius 3 is 2.08 bits per heavy atom. The second-order valence-electron chi connectivity index (χ2n) is 8.52. The highest BCUT2D eigenvalue weighted by atomic mass is 19.1. The number of ketones is 1. The maximum absolute atomic E-state index is 13.7. The van der Waals surface area contributed by atoms with Gasteiger partial charge in [0.2, 0.25) is 5.75 Å². The van der Waals surface area contributed by atoms with E-state index in [4.69, 9.17) is 18.9 Å². The molecule has 3 aromatic carbocycles. The molecule has 3 aromatic rings. The van der Waals surface area contributed by atoms with Crippen molar-refractivity contribution in [2.45, 2.75) is 19.9 Å². The van der Waals surface area contributed by atoms with Gasteiger partial charge in [0.25, 0.3) is 11.7 Å². The van der Waals surface area contributed by atoms with Crippen molar-refractivity contribution in [3.05, 3.63) is 82.7 Å². The zero-order chi connectivity index (χ0) is 27.6. The first-order valence-electron chi connectivity index (χ1n) is 11.9. The highest BCUT2D eigenvalue weighted by Crippen LogP contribution is 2.47. The van der Waals surface area contributed by atoms with Gasteiger partial charge in [0.1, 0.15) is 17.3 Å². The molecule has 1 N–H and O–H groups in total. The molecule has 1 atom stereocenters. The van der Waals surface area contributed by atoms with Crippen LogP contribution in [0.5, 0.6) is 23.0 Å². The molecule has 0 spiro atoms. The lowest BCUT2D eigenvalue weighted by molar-refractivity contribution is -0.132. The van der Waals surface area contributed by atoms with Crippen molar-refractivity contribution in [2.75, 3.05) is 32.8 Å². The maximum atomic E-state index is 13.7. The molecule has 8 nitrogen and oxygen atoms in total. The van der Waals surface area contributed by atoms with E-state index in [1.54, 1.807) is 30.3 Å². The normalized spacial score (nSPS) is 16.5. The Hall–Kier alpha value is -4.53. The van der Waals surface area contributed by atoms with Crippen LogP contribution in [0.2, 0.25) is 0 Å². The first-order chi connectivity index (χ1) is 18.2. The second-order valence-corrected chi connectivity index (χ2v) is 8.52.